The molecule has 0 saturated carbocycles. The van der Waals surface area contributed by atoms with Crippen LogP contribution in [0.4, 0.5) is 5.69 Å². The number of rotatable bonds is 5. The number of imidazole rings is 1. The second kappa shape index (κ2) is 6.40. The van der Waals surface area contributed by atoms with Crippen molar-refractivity contribution >= 4 is 23.4 Å². The summed E-state index contributed by atoms with van der Waals surface area (Å²) in [5.74, 6) is 0.364. The fraction of sp³-hybridized carbons (Fsp3) is 0.231. The highest BCUT2D eigenvalue weighted by Gasteiger charge is 2.19. The quantitative estimate of drug-likeness (QED) is 0.520. The van der Waals surface area contributed by atoms with Gasteiger partial charge in [0.15, 0.2) is 0 Å². The second-order valence-electron chi connectivity index (χ2n) is 4.34. The van der Waals surface area contributed by atoms with Crippen molar-refractivity contribution < 1.29 is 9.72 Å². The molecule has 0 aliphatic heterocycles. The number of thioether (sulfide) groups is 1. The molecule has 0 spiro atoms. The van der Waals surface area contributed by atoms with E-state index in [9.17, 15) is 14.9 Å². The summed E-state index contributed by atoms with van der Waals surface area (Å²) in [7, 11) is 1.62. The Labute approximate surface area is 125 Å². The summed E-state index contributed by atoms with van der Waals surface area (Å²) in [5, 5.41) is 11.0. The van der Waals surface area contributed by atoms with Crippen molar-refractivity contribution in [2.75, 3.05) is 13.3 Å². The van der Waals surface area contributed by atoms with Gasteiger partial charge in [-0.1, -0.05) is 0 Å². The van der Waals surface area contributed by atoms with Gasteiger partial charge in [0.05, 0.1) is 16.4 Å². The van der Waals surface area contributed by atoms with Crippen LogP contribution in [0.3, 0.4) is 0 Å². The van der Waals surface area contributed by atoms with Crippen LogP contribution in [-0.2, 0) is 6.54 Å². The fourth-order valence-electron chi connectivity index (χ4n) is 1.87. The number of H-pyrrole nitrogens is 1. The molecular weight excluding hydrogens is 292 g/mol. The molecule has 0 aliphatic rings. The highest BCUT2D eigenvalue weighted by atomic mass is 32.2. The average Bonchev–Trinajstić information content (AvgIpc) is 2.98. The van der Waals surface area contributed by atoms with Crippen LogP contribution in [0, 0.1) is 10.1 Å². The molecule has 2 rings (SSSR count). The number of nitro groups is 1. The molecule has 0 aliphatic carbocycles. The van der Waals surface area contributed by atoms with Gasteiger partial charge in [0.25, 0.3) is 11.6 Å². The summed E-state index contributed by atoms with van der Waals surface area (Å²) >= 11 is 1.27. The highest BCUT2D eigenvalue weighted by Crippen LogP contribution is 2.28. The maximum Gasteiger partial charge on any atom is 0.283 e. The Bertz CT molecular complexity index is 657. The molecule has 1 N–H and O–H groups in total. The monoisotopic (exact) mass is 306 g/mol. The molecule has 0 atom stereocenters. The summed E-state index contributed by atoms with van der Waals surface area (Å²) in [6, 6.07) is 4.50. The zero-order valence-corrected chi connectivity index (χ0v) is 12.4. The van der Waals surface area contributed by atoms with Crippen molar-refractivity contribution in [2.45, 2.75) is 11.4 Å². The summed E-state index contributed by atoms with van der Waals surface area (Å²) < 4.78 is 0. The van der Waals surface area contributed by atoms with E-state index in [0.29, 0.717) is 17.3 Å². The Hall–Kier alpha value is -2.35. The molecule has 8 heteroatoms. The minimum absolute atomic E-state index is 0.0558. The predicted molar refractivity (Wildman–Crippen MR) is 79.3 cm³/mol. The molecule has 21 heavy (non-hydrogen) atoms. The summed E-state index contributed by atoms with van der Waals surface area (Å²) in [5.41, 5.74) is 0.230. The number of aromatic nitrogens is 2. The van der Waals surface area contributed by atoms with E-state index in [4.69, 9.17) is 0 Å². The van der Waals surface area contributed by atoms with E-state index >= 15 is 0 Å². The topological polar surface area (TPSA) is 92.1 Å². The van der Waals surface area contributed by atoms with Crippen LogP contribution < -0.4 is 0 Å². The number of hydrogen-bond donors (Lipinski definition) is 1. The second-order valence-corrected chi connectivity index (χ2v) is 5.19. The first-order chi connectivity index (χ1) is 10.0. The van der Waals surface area contributed by atoms with Crippen molar-refractivity contribution in [3.05, 3.63) is 52.1 Å². The zero-order valence-electron chi connectivity index (χ0n) is 11.6. The van der Waals surface area contributed by atoms with Gasteiger partial charge < -0.3 is 9.88 Å². The third-order valence-electron chi connectivity index (χ3n) is 2.91. The third kappa shape index (κ3) is 3.40. The van der Waals surface area contributed by atoms with Crippen molar-refractivity contribution in [1.82, 2.24) is 14.9 Å². The van der Waals surface area contributed by atoms with Crippen LogP contribution in [0.15, 0.2) is 35.5 Å². The Morgan fingerprint density at radius 1 is 1.52 bits per heavy atom. The molecule has 1 aromatic carbocycles. The molecular formula is C13H14N4O3S. The first-order valence-electron chi connectivity index (χ1n) is 6.09. The van der Waals surface area contributed by atoms with E-state index in [1.165, 1.54) is 22.7 Å². The van der Waals surface area contributed by atoms with Gasteiger partial charge in [0.1, 0.15) is 5.82 Å². The summed E-state index contributed by atoms with van der Waals surface area (Å²) in [6.07, 6.45) is 5.03. The van der Waals surface area contributed by atoms with Crippen LogP contribution in [0.2, 0.25) is 0 Å². The first-order valence-corrected chi connectivity index (χ1v) is 7.31. The normalized spacial score (nSPS) is 10.4. The van der Waals surface area contributed by atoms with Crippen molar-refractivity contribution in [2.24, 2.45) is 0 Å². The summed E-state index contributed by atoms with van der Waals surface area (Å²) in [6.45, 7) is 0.309. The van der Waals surface area contributed by atoms with E-state index < -0.39 is 4.92 Å². The first kappa shape index (κ1) is 15.0. The number of carbonyl (C=O) groups is 1. The van der Waals surface area contributed by atoms with Crippen LogP contribution in [-0.4, -0.2) is 39.0 Å². The molecule has 2 aromatic rings. The number of benzene rings is 1. The van der Waals surface area contributed by atoms with Crippen molar-refractivity contribution in [1.29, 1.82) is 0 Å². The van der Waals surface area contributed by atoms with Crippen LogP contribution in [0.25, 0.3) is 0 Å². The molecule has 1 aromatic heterocycles. The van der Waals surface area contributed by atoms with Gasteiger partial charge in [0.2, 0.25) is 0 Å². The molecule has 0 unspecified atom stereocenters. The fourth-order valence-corrected chi connectivity index (χ4v) is 2.41. The van der Waals surface area contributed by atoms with E-state index in [-0.39, 0.29) is 17.2 Å². The van der Waals surface area contributed by atoms with Gasteiger partial charge >= 0.3 is 0 Å². The highest BCUT2D eigenvalue weighted by molar-refractivity contribution is 7.98. The molecule has 0 fully saturated rings. The maximum absolute atomic E-state index is 12.3. The van der Waals surface area contributed by atoms with E-state index in [2.05, 4.69) is 9.97 Å². The van der Waals surface area contributed by atoms with Crippen LogP contribution in [0.1, 0.15) is 16.2 Å². The Morgan fingerprint density at radius 3 is 2.86 bits per heavy atom. The number of nitro benzene ring substituents is 1. The predicted octanol–water partition coefficient (Wildman–Crippen LogP) is 2.31. The van der Waals surface area contributed by atoms with Crippen molar-refractivity contribution in [3.8, 4) is 0 Å². The average molecular weight is 306 g/mol. The number of hydrogen-bond acceptors (Lipinski definition) is 5. The molecule has 0 radical (unpaired) electrons. The lowest BCUT2D eigenvalue weighted by Gasteiger charge is -2.16. The van der Waals surface area contributed by atoms with Gasteiger partial charge in [-0.25, -0.2) is 4.98 Å². The summed E-state index contributed by atoms with van der Waals surface area (Å²) in [4.78, 5) is 31.8. The number of aromatic amines is 1. The molecule has 1 heterocycles. The Morgan fingerprint density at radius 2 is 2.29 bits per heavy atom. The SMILES string of the molecule is CSc1ccc(C(=O)N(C)Cc2ncc[nH]2)cc1[N+](=O)[O-]. The lowest BCUT2D eigenvalue weighted by atomic mass is 10.2. The van der Waals surface area contributed by atoms with Crippen molar-refractivity contribution in [3.63, 3.8) is 0 Å². The van der Waals surface area contributed by atoms with Gasteiger partial charge in [-0.15, -0.1) is 11.8 Å². The number of amides is 1. The molecule has 110 valence electrons. The van der Waals surface area contributed by atoms with Gasteiger partial charge in [-0.3, -0.25) is 14.9 Å². The molecule has 0 bridgehead atoms. The van der Waals surface area contributed by atoms with Gasteiger partial charge in [-0.05, 0) is 18.4 Å². The minimum Gasteiger partial charge on any atom is -0.347 e. The number of nitrogens with zero attached hydrogens (tertiary/aromatic N) is 3. The lowest BCUT2D eigenvalue weighted by molar-refractivity contribution is -0.387. The molecule has 1 amide bonds. The number of carbonyl (C=O) groups excluding carboxylic acids is 1. The van der Waals surface area contributed by atoms with E-state index in [1.54, 1.807) is 37.8 Å². The lowest BCUT2D eigenvalue weighted by Crippen LogP contribution is -2.26. The van der Waals surface area contributed by atoms with E-state index in [0.717, 1.165) is 0 Å². The Balaban J connectivity index is 2.22. The third-order valence-corrected chi connectivity index (χ3v) is 3.70. The maximum atomic E-state index is 12.3. The smallest absolute Gasteiger partial charge is 0.283 e. The zero-order chi connectivity index (χ0) is 15.4. The molecule has 7 nitrogen and oxygen atoms in total. The van der Waals surface area contributed by atoms with E-state index in [1.807, 2.05) is 0 Å². The van der Waals surface area contributed by atoms with Crippen LogP contribution in [0.5, 0.6) is 0 Å². The largest absolute Gasteiger partial charge is 0.347 e. The standard InChI is InChI=1S/C13H14N4O3S/c1-16(8-12-14-5-6-15-12)13(18)9-3-4-11(21-2)10(7-9)17(19)20/h3-7H,8H2,1-2H3,(H,14,15). The van der Waals surface area contributed by atoms with Gasteiger partial charge in [-0.2, -0.15) is 0 Å². The van der Waals surface area contributed by atoms with Gasteiger partial charge in [0, 0.05) is 31.1 Å². The molecule has 0 saturated heterocycles. The minimum atomic E-state index is -0.477. The van der Waals surface area contributed by atoms with Crippen LogP contribution >= 0.6 is 11.8 Å². The number of nitrogens with one attached hydrogen (secondary N) is 1. The Kier molecular flexibility index (Phi) is 4.59.